The number of hydrogen-bond acceptors (Lipinski definition) is 6. The largest absolute Gasteiger partial charge is 0.380 e. The van der Waals surface area contributed by atoms with Gasteiger partial charge in [-0.25, -0.2) is 15.4 Å². The minimum absolute atomic E-state index is 0.0559. The Kier molecular flexibility index (Phi) is 3.50. The number of hydrazone groups is 1. The average Bonchev–Trinajstić information content (AvgIpc) is 2.46. The Morgan fingerprint density at radius 3 is 2.22 bits per heavy atom. The number of amidine groups is 1. The molecular weight excluding hydrogens is 234 g/mol. The number of carbonyl (C=O) groups is 1. The van der Waals surface area contributed by atoms with Crippen molar-refractivity contribution in [2.45, 2.75) is 0 Å². The van der Waals surface area contributed by atoms with Gasteiger partial charge in [0.15, 0.2) is 5.84 Å². The fraction of sp³-hybridized carbons (Fsp3) is 0. The molecule has 90 valence electrons. The second kappa shape index (κ2) is 5.43. The molecule has 0 radical (unpaired) electrons. The van der Waals surface area contributed by atoms with Crippen molar-refractivity contribution < 1.29 is 4.79 Å². The summed E-state index contributed by atoms with van der Waals surface area (Å²) in [6.07, 6.45) is 8.62. The van der Waals surface area contributed by atoms with Gasteiger partial charge < -0.3 is 5.73 Å². The van der Waals surface area contributed by atoms with Gasteiger partial charge in [0.25, 0.3) is 5.91 Å². The van der Waals surface area contributed by atoms with Crippen LogP contribution >= 0.6 is 0 Å². The molecule has 18 heavy (non-hydrogen) atoms. The molecule has 0 spiro atoms. The third-order valence-corrected chi connectivity index (χ3v) is 1.90. The van der Waals surface area contributed by atoms with Crippen LogP contribution in [0.5, 0.6) is 0 Å². The van der Waals surface area contributed by atoms with Crippen molar-refractivity contribution in [3.05, 3.63) is 48.6 Å². The van der Waals surface area contributed by atoms with Gasteiger partial charge in [-0.2, -0.15) is 5.10 Å². The Morgan fingerprint density at radius 2 is 1.67 bits per heavy atom. The van der Waals surface area contributed by atoms with Gasteiger partial charge in [-0.3, -0.25) is 14.8 Å². The lowest BCUT2D eigenvalue weighted by Crippen LogP contribution is -2.25. The fourth-order valence-corrected chi connectivity index (χ4v) is 1.07. The van der Waals surface area contributed by atoms with Crippen LogP contribution in [0.1, 0.15) is 16.2 Å². The highest BCUT2D eigenvalue weighted by Crippen LogP contribution is 1.91. The zero-order chi connectivity index (χ0) is 12.8. The molecule has 0 bridgehead atoms. The molecule has 0 aliphatic carbocycles. The average molecular weight is 243 g/mol. The molecule has 0 aliphatic heterocycles. The van der Waals surface area contributed by atoms with E-state index < -0.39 is 5.91 Å². The molecule has 2 rings (SSSR count). The second-order valence-corrected chi connectivity index (χ2v) is 3.12. The lowest BCUT2D eigenvalue weighted by atomic mass is 10.4. The van der Waals surface area contributed by atoms with E-state index in [4.69, 9.17) is 5.73 Å². The highest BCUT2D eigenvalue weighted by Gasteiger charge is 2.06. The Hall–Kier alpha value is -2.90. The number of carbonyl (C=O) groups excluding carboxylic acids is 1. The van der Waals surface area contributed by atoms with Gasteiger partial charge in [-0.1, -0.05) is 0 Å². The van der Waals surface area contributed by atoms with E-state index in [0.29, 0.717) is 5.69 Å². The van der Waals surface area contributed by atoms with Crippen molar-refractivity contribution >= 4 is 11.7 Å². The number of nitrogens with zero attached hydrogens (tertiary/aromatic N) is 5. The van der Waals surface area contributed by atoms with Crippen LogP contribution in [-0.2, 0) is 0 Å². The molecule has 0 unspecified atom stereocenters. The quantitative estimate of drug-likeness (QED) is 0.418. The minimum atomic E-state index is -0.505. The molecule has 0 saturated carbocycles. The van der Waals surface area contributed by atoms with Crippen LogP contribution in [0.3, 0.4) is 0 Å². The van der Waals surface area contributed by atoms with Crippen LogP contribution in [0.4, 0.5) is 0 Å². The van der Waals surface area contributed by atoms with E-state index in [1.807, 2.05) is 0 Å². The lowest BCUT2D eigenvalue weighted by molar-refractivity contribution is 0.0949. The molecule has 1 amide bonds. The van der Waals surface area contributed by atoms with E-state index in [-0.39, 0.29) is 11.5 Å². The Balaban J connectivity index is 2.05. The minimum Gasteiger partial charge on any atom is -0.380 e. The molecule has 8 heteroatoms. The van der Waals surface area contributed by atoms with E-state index in [9.17, 15) is 4.79 Å². The smallest absolute Gasteiger partial charge is 0.291 e. The first kappa shape index (κ1) is 11.6. The Morgan fingerprint density at radius 1 is 1.06 bits per heavy atom. The SMILES string of the molecule is N/C(=N\NC(=O)c1cnccn1)c1cnccn1. The maximum atomic E-state index is 11.6. The van der Waals surface area contributed by atoms with Crippen LogP contribution in [-0.4, -0.2) is 31.7 Å². The second-order valence-electron chi connectivity index (χ2n) is 3.12. The number of nitrogens with one attached hydrogen (secondary N) is 1. The highest BCUT2D eigenvalue weighted by molar-refractivity contribution is 5.97. The van der Waals surface area contributed by atoms with Crippen LogP contribution in [0.2, 0.25) is 0 Å². The molecule has 2 aromatic heterocycles. The monoisotopic (exact) mass is 243 g/mol. The van der Waals surface area contributed by atoms with E-state index in [1.54, 1.807) is 0 Å². The summed E-state index contributed by atoms with van der Waals surface area (Å²) in [6, 6.07) is 0. The molecular formula is C10H9N7O. The maximum Gasteiger partial charge on any atom is 0.291 e. The predicted octanol–water partition coefficient (Wildman–Crippen LogP) is -0.683. The zero-order valence-electron chi connectivity index (χ0n) is 9.19. The number of rotatable bonds is 3. The Bertz CT molecular complexity index is 555. The molecule has 8 nitrogen and oxygen atoms in total. The van der Waals surface area contributed by atoms with Gasteiger partial charge in [0.1, 0.15) is 11.4 Å². The molecule has 0 aliphatic rings. The fourth-order valence-electron chi connectivity index (χ4n) is 1.07. The number of nitrogens with two attached hydrogens (primary N) is 1. The molecule has 0 aromatic carbocycles. The Labute approximate surface area is 102 Å². The van der Waals surface area contributed by atoms with Crippen LogP contribution in [0.25, 0.3) is 0 Å². The summed E-state index contributed by atoms with van der Waals surface area (Å²) in [5.74, 6) is -0.449. The van der Waals surface area contributed by atoms with Crippen LogP contribution in [0, 0.1) is 0 Å². The van der Waals surface area contributed by atoms with E-state index in [0.717, 1.165) is 0 Å². The predicted molar refractivity (Wildman–Crippen MR) is 62.3 cm³/mol. The first-order valence-corrected chi connectivity index (χ1v) is 4.93. The summed E-state index contributed by atoms with van der Waals surface area (Å²) in [5, 5.41) is 3.70. The van der Waals surface area contributed by atoms with Crippen molar-refractivity contribution in [1.82, 2.24) is 25.4 Å². The van der Waals surface area contributed by atoms with E-state index >= 15 is 0 Å². The van der Waals surface area contributed by atoms with Gasteiger partial charge in [0.2, 0.25) is 0 Å². The van der Waals surface area contributed by atoms with Gasteiger partial charge >= 0.3 is 0 Å². The summed E-state index contributed by atoms with van der Waals surface area (Å²) in [5.41, 5.74) is 8.39. The van der Waals surface area contributed by atoms with Crippen LogP contribution < -0.4 is 11.2 Å². The van der Waals surface area contributed by atoms with E-state index in [1.165, 1.54) is 37.2 Å². The van der Waals surface area contributed by atoms with Crippen molar-refractivity contribution in [3.8, 4) is 0 Å². The normalized spacial score (nSPS) is 11.0. The molecule has 0 fully saturated rings. The maximum absolute atomic E-state index is 11.6. The van der Waals surface area contributed by atoms with Crippen molar-refractivity contribution in [2.24, 2.45) is 10.8 Å². The van der Waals surface area contributed by atoms with Crippen molar-refractivity contribution in [2.75, 3.05) is 0 Å². The van der Waals surface area contributed by atoms with Gasteiger partial charge in [0.05, 0.1) is 12.4 Å². The summed E-state index contributed by atoms with van der Waals surface area (Å²) < 4.78 is 0. The van der Waals surface area contributed by atoms with Gasteiger partial charge in [-0.05, 0) is 0 Å². The molecule has 2 aromatic rings. The topological polar surface area (TPSA) is 119 Å². The third kappa shape index (κ3) is 2.82. The van der Waals surface area contributed by atoms with E-state index in [2.05, 4.69) is 30.5 Å². The first-order chi connectivity index (χ1) is 8.77. The van der Waals surface area contributed by atoms with Crippen LogP contribution in [0.15, 0.2) is 42.3 Å². The molecule has 3 N–H and O–H groups in total. The number of amides is 1. The first-order valence-electron chi connectivity index (χ1n) is 4.93. The number of hydrogen-bond donors (Lipinski definition) is 2. The number of aromatic nitrogens is 4. The summed E-state index contributed by atoms with van der Waals surface area (Å²) in [4.78, 5) is 26.9. The van der Waals surface area contributed by atoms with Gasteiger partial charge in [0, 0.05) is 24.8 Å². The standard InChI is InChI=1S/C10H9N7O/c11-9(7-5-12-1-3-14-7)16-17-10(18)8-6-13-2-4-15-8/h1-6H,(H2,11,16)(H,17,18). The lowest BCUT2D eigenvalue weighted by Gasteiger charge is -2.00. The summed E-state index contributed by atoms with van der Waals surface area (Å²) in [7, 11) is 0. The zero-order valence-corrected chi connectivity index (χ0v) is 9.19. The molecule has 2 heterocycles. The molecule has 0 atom stereocenters. The van der Waals surface area contributed by atoms with Crippen molar-refractivity contribution in [1.29, 1.82) is 0 Å². The third-order valence-electron chi connectivity index (χ3n) is 1.90. The van der Waals surface area contributed by atoms with Crippen molar-refractivity contribution in [3.63, 3.8) is 0 Å². The van der Waals surface area contributed by atoms with Gasteiger partial charge in [-0.15, -0.1) is 0 Å². The molecule has 0 saturated heterocycles. The highest BCUT2D eigenvalue weighted by atomic mass is 16.2. The summed E-state index contributed by atoms with van der Waals surface area (Å²) >= 11 is 0. The summed E-state index contributed by atoms with van der Waals surface area (Å²) in [6.45, 7) is 0.